The Bertz CT molecular complexity index is 569. The quantitative estimate of drug-likeness (QED) is 0.945. The highest BCUT2D eigenvalue weighted by Crippen LogP contribution is 2.26. The summed E-state index contributed by atoms with van der Waals surface area (Å²) in [5.41, 5.74) is 3.74. The number of rotatable bonds is 3. The largest absolute Gasteiger partial charge is 0.366 e. The van der Waals surface area contributed by atoms with Crippen molar-refractivity contribution >= 4 is 21.7 Å². The van der Waals surface area contributed by atoms with E-state index in [1.165, 1.54) is 23.2 Å². The Balaban J connectivity index is 1.78. The molecule has 1 aromatic carbocycles. The van der Waals surface area contributed by atoms with Crippen LogP contribution in [0.4, 0.5) is 5.82 Å². The Labute approximate surface area is 115 Å². The number of nitrogens with zero attached hydrogens (tertiary/aromatic N) is 2. The number of hydrogen-bond acceptors (Lipinski definition) is 3. The molecule has 0 saturated carbocycles. The number of fused-ring (bicyclic) bond motifs is 1. The number of aryl methyl sites for hydroxylation is 1. The van der Waals surface area contributed by atoms with Crippen LogP contribution in [0.25, 0.3) is 0 Å². The van der Waals surface area contributed by atoms with Crippen molar-refractivity contribution in [1.29, 1.82) is 0 Å². The second kappa shape index (κ2) is 5.06. The normalized spacial score (nSPS) is 13.4. The maximum atomic E-state index is 4.36. The molecule has 0 atom stereocenters. The van der Waals surface area contributed by atoms with Gasteiger partial charge in [0, 0.05) is 22.3 Å². The minimum Gasteiger partial charge on any atom is -0.366 e. The molecule has 18 heavy (non-hydrogen) atoms. The lowest BCUT2D eigenvalue weighted by Crippen LogP contribution is -2.05. The molecule has 1 N–H and O–H groups in total. The Morgan fingerprint density at radius 1 is 1.17 bits per heavy atom. The summed E-state index contributed by atoms with van der Waals surface area (Å²) in [6.07, 6.45) is 5.03. The zero-order chi connectivity index (χ0) is 12.4. The topological polar surface area (TPSA) is 37.8 Å². The smallest absolute Gasteiger partial charge is 0.133 e. The lowest BCUT2D eigenvalue weighted by molar-refractivity contribution is 0.899. The monoisotopic (exact) mass is 303 g/mol. The number of halogens is 1. The first-order valence-corrected chi connectivity index (χ1v) is 6.94. The Hall–Kier alpha value is -1.42. The van der Waals surface area contributed by atoms with Crippen molar-refractivity contribution in [2.45, 2.75) is 25.8 Å². The van der Waals surface area contributed by atoms with E-state index in [4.69, 9.17) is 0 Å². The summed E-state index contributed by atoms with van der Waals surface area (Å²) in [6, 6.07) is 8.24. The number of anilines is 1. The molecule has 1 heterocycles. The minimum absolute atomic E-state index is 0.783. The van der Waals surface area contributed by atoms with Crippen molar-refractivity contribution in [1.82, 2.24) is 9.97 Å². The Morgan fingerprint density at radius 2 is 2.06 bits per heavy atom. The number of nitrogens with one attached hydrogen (secondary N) is 1. The molecule has 92 valence electrons. The van der Waals surface area contributed by atoms with Gasteiger partial charge in [0.2, 0.25) is 0 Å². The highest BCUT2D eigenvalue weighted by Gasteiger charge is 2.16. The molecule has 3 nitrogen and oxygen atoms in total. The fourth-order valence-corrected chi connectivity index (χ4v) is 2.76. The van der Waals surface area contributed by atoms with E-state index in [-0.39, 0.29) is 0 Å². The Morgan fingerprint density at radius 3 is 2.94 bits per heavy atom. The summed E-state index contributed by atoms with van der Waals surface area (Å²) < 4.78 is 1.13. The van der Waals surface area contributed by atoms with Crippen LogP contribution >= 0.6 is 15.9 Å². The number of hydrogen-bond donors (Lipinski definition) is 1. The summed E-state index contributed by atoms with van der Waals surface area (Å²) in [6.45, 7) is 0.783. The molecule has 2 aromatic rings. The molecule has 0 fully saturated rings. The summed E-state index contributed by atoms with van der Waals surface area (Å²) in [5, 5.41) is 3.42. The zero-order valence-corrected chi connectivity index (χ0v) is 11.6. The first-order chi connectivity index (χ1) is 8.84. The third kappa shape index (κ3) is 2.25. The van der Waals surface area contributed by atoms with Crippen molar-refractivity contribution in [3.8, 4) is 0 Å². The third-order valence-electron chi connectivity index (χ3n) is 3.28. The molecule has 0 bridgehead atoms. The van der Waals surface area contributed by atoms with E-state index in [0.717, 1.165) is 29.7 Å². The van der Waals surface area contributed by atoms with E-state index in [9.17, 15) is 0 Å². The SMILES string of the molecule is Brc1ccccc1CNc1ncnc2c1CCC2. The van der Waals surface area contributed by atoms with E-state index in [0.29, 0.717) is 0 Å². The highest BCUT2D eigenvalue weighted by atomic mass is 79.9. The van der Waals surface area contributed by atoms with E-state index in [2.05, 4.69) is 43.3 Å². The molecule has 1 aliphatic rings. The summed E-state index contributed by atoms with van der Waals surface area (Å²) >= 11 is 3.56. The van der Waals surface area contributed by atoms with Gasteiger partial charge in [0.15, 0.2) is 0 Å². The minimum atomic E-state index is 0.783. The molecule has 0 spiro atoms. The number of benzene rings is 1. The van der Waals surface area contributed by atoms with Gasteiger partial charge < -0.3 is 5.32 Å². The Kier molecular flexibility index (Phi) is 3.28. The second-order valence-corrected chi connectivity index (χ2v) is 5.30. The maximum absolute atomic E-state index is 4.36. The molecule has 0 radical (unpaired) electrons. The molecule has 0 unspecified atom stereocenters. The molecule has 0 aliphatic heterocycles. The van der Waals surface area contributed by atoms with Crippen molar-refractivity contribution in [2.75, 3.05) is 5.32 Å². The van der Waals surface area contributed by atoms with Crippen LogP contribution < -0.4 is 5.32 Å². The van der Waals surface area contributed by atoms with Crippen LogP contribution in [0, 0.1) is 0 Å². The van der Waals surface area contributed by atoms with Crippen molar-refractivity contribution < 1.29 is 0 Å². The molecular formula is C14H14BrN3. The van der Waals surface area contributed by atoms with Crippen molar-refractivity contribution in [3.63, 3.8) is 0 Å². The first-order valence-electron chi connectivity index (χ1n) is 6.14. The molecule has 4 heteroatoms. The van der Waals surface area contributed by atoms with Gasteiger partial charge in [-0.15, -0.1) is 0 Å². The molecular weight excluding hydrogens is 290 g/mol. The fourth-order valence-electron chi connectivity index (χ4n) is 2.33. The van der Waals surface area contributed by atoms with Gasteiger partial charge in [0.25, 0.3) is 0 Å². The maximum Gasteiger partial charge on any atom is 0.133 e. The molecule has 0 saturated heterocycles. The zero-order valence-electron chi connectivity index (χ0n) is 9.99. The fraction of sp³-hybridized carbons (Fsp3) is 0.286. The van der Waals surface area contributed by atoms with Gasteiger partial charge >= 0.3 is 0 Å². The first kappa shape index (κ1) is 11.7. The molecule has 1 aromatic heterocycles. The highest BCUT2D eigenvalue weighted by molar-refractivity contribution is 9.10. The van der Waals surface area contributed by atoms with Gasteiger partial charge in [-0.05, 0) is 30.9 Å². The van der Waals surface area contributed by atoms with Crippen LogP contribution in [0.3, 0.4) is 0 Å². The average Bonchev–Trinajstić information content (AvgIpc) is 2.86. The predicted octanol–water partition coefficient (Wildman–Crippen LogP) is 3.34. The van der Waals surface area contributed by atoms with E-state index >= 15 is 0 Å². The van der Waals surface area contributed by atoms with Crippen LogP contribution in [0.2, 0.25) is 0 Å². The lowest BCUT2D eigenvalue weighted by atomic mass is 10.2. The predicted molar refractivity (Wildman–Crippen MR) is 75.5 cm³/mol. The van der Waals surface area contributed by atoms with Gasteiger partial charge in [0.05, 0.1) is 0 Å². The van der Waals surface area contributed by atoms with E-state index < -0.39 is 0 Å². The van der Waals surface area contributed by atoms with Crippen molar-refractivity contribution in [3.05, 3.63) is 51.9 Å². The van der Waals surface area contributed by atoms with Crippen molar-refractivity contribution in [2.24, 2.45) is 0 Å². The van der Waals surface area contributed by atoms with Gasteiger partial charge in [-0.25, -0.2) is 9.97 Å². The second-order valence-electron chi connectivity index (χ2n) is 4.45. The van der Waals surface area contributed by atoms with Gasteiger partial charge in [-0.1, -0.05) is 34.1 Å². The molecule has 1 aliphatic carbocycles. The summed E-state index contributed by atoms with van der Waals surface area (Å²) in [4.78, 5) is 8.69. The summed E-state index contributed by atoms with van der Waals surface area (Å²) in [7, 11) is 0. The van der Waals surface area contributed by atoms with Gasteiger partial charge in [-0.3, -0.25) is 0 Å². The lowest BCUT2D eigenvalue weighted by Gasteiger charge is -2.10. The number of aromatic nitrogens is 2. The van der Waals surface area contributed by atoms with Gasteiger partial charge in [-0.2, -0.15) is 0 Å². The van der Waals surface area contributed by atoms with Crippen LogP contribution in [-0.4, -0.2) is 9.97 Å². The van der Waals surface area contributed by atoms with Crippen LogP contribution in [0.1, 0.15) is 23.2 Å². The van der Waals surface area contributed by atoms with E-state index in [1.54, 1.807) is 6.33 Å². The van der Waals surface area contributed by atoms with Crippen LogP contribution in [0.5, 0.6) is 0 Å². The van der Waals surface area contributed by atoms with Gasteiger partial charge in [0.1, 0.15) is 12.1 Å². The summed E-state index contributed by atoms with van der Waals surface area (Å²) in [5.74, 6) is 0.994. The van der Waals surface area contributed by atoms with Crippen LogP contribution in [-0.2, 0) is 19.4 Å². The van der Waals surface area contributed by atoms with E-state index in [1.807, 2.05) is 12.1 Å². The third-order valence-corrected chi connectivity index (χ3v) is 4.05. The van der Waals surface area contributed by atoms with Crippen LogP contribution in [0.15, 0.2) is 35.1 Å². The molecule has 0 amide bonds. The molecule has 3 rings (SSSR count). The standard InChI is InChI=1S/C14H14BrN3/c15-12-6-2-1-4-10(12)8-16-14-11-5-3-7-13(11)17-9-18-14/h1-2,4,6,9H,3,5,7-8H2,(H,16,17,18). The average molecular weight is 304 g/mol.